The fraction of sp³-hybridized carbons (Fsp3) is 0.273. The van der Waals surface area contributed by atoms with Crippen molar-refractivity contribution in [2.24, 2.45) is 0 Å². The lowest BCUT2D eigenvalue weighted by Gasteiger charge is -2.17. The van der Waals surface area contributed by atoms with Crippen molar-refractivity contribution >= 4 is 5.97 Å². The highest BCUT2D eigenvalue weighted by Crippen LogP contribution is 2.40. The first-order valence-electron chi connectivity index (χ1n) is 5.11. The van der Waals surface area contributed by atoms with Crippen molar-refractivity contribution in [1.29, 1.82) is 0 Å². The minimum atomic E-state index is -1.14. The number of fused-ring (bicyclic) bond motifs is 3. The number of carboxylic acids is 1. The average Bonchev–Trinajstić information content (AvgIpc) is 2.92. The van der Waals surface area contributed by atoms with E-state index in [4.69, 9.17) is 13.9 Å². The van der Waals surface area contributed by atoms with Crippen molar-refractivity contribution in [3.05, 3.63) is 29.5 Å². The second-order valence-corrected chi connectivity index (χ2v) is 3.91. The number of nitrogens with zero attached hydrogens (tertiary/aromatic N) is 1. The number of aromatic nitrogens is 1. The van der Waals surface area contributed by atoms with Gasteiger partial charge >= 0.3 is 5.97 Å². The van der Waals surface area contributed by atoms with E-state index in [1.807, 2.05) is 0 Å². The molecule has 0 spiro atoms. The van der Waals surface area contributed by atoms with E-state index in [1.165, 1.54) is 12.5 Å². The second kappa shape index (κ2) is 3.46. The summed E-state index contributed by atoms with van der Waals surface area (Å²) in [6.07, 6.45) is 1.81. The van der Waals surface area contributed by atoms with Crippen LogP contribution in [0, 0.1) is 0 Å². The van der Waals surface area contributed by atoms with Crippen LogP contribution in [0.1, 0.15) is 27.7 Å². The number of carbonyl (C=O) groups is 1. The number of carboxylic acid groups (broad SMARTS) is 1. The zero-order valence-electron chi connectivity index (χ0n) is 8.71. The van der Waals surface area contributed by atoms with Crippen molar-refractivity contribution in [2.45, 2.75) is 12.3 Å². The third-order valence-corrected chi connectivity index (χ3v) is 2.92. The van der Waals surface area contributed by atoms with Gasteiger partial charge in [0.15, 0.2) is 17.9 Å². The minimum absolute atomic E-state index is 0.0854. The number of aromatic carboxylic acids is 1. The Labute approximate surface area is 95.5 Å². The summed E-state index contributed by atoms with van der Waals surface area (Å²) in [5, 5.41) is 18.2. The Morgan fingerprint density at radius 2 is 2.35 bits per heavy atom. The number of aliphatic hydroxyl groups excluding tert-OH is 1. The molecule has 6 heteroatoms. The molecular weight excluding hydrogens is 226 g/mol. The summed E-state index contributed by atoms with van der Waals surface area (Å²) in [5.74, 6) is -0.674. The van der Waals surface area contributed by atoms with E-state index < -0.39 is 5.97 Å². The van der Waals surface area contributed by atoms with E-state index in [2.05, 4.69) is 4.98 Å². The molecule has 0 amide bonds. The SMILES string of the molecule is O=C(O)c1cc2c(o1)-c1ocnc1CC2CO. The molecule has 6 nitrogen and oxygen atoms in total. The van der Waals surface area contributed by atoms with Crippen LogP contribution in [0.5, 0.6) is 0 Å². The van der Waals surface area contributed by atoms with Crippen LogP contribution in [0.25, 0.3) is 11.5 Å². The zero-order chi connectivity index (χ0) is 12.0. The molecule has 0 saturated heterocycles. The molecule has 1 aliphatic rings. The van der Waals surface area contributed by atoms with E-state index in [9.17, 15) is 9.90 Å². The zero-order valence-corrected chi connectivity index (χ0v) is 8.71. The summed E-state index contributed by atoms with van der Waals surface area (Å²) in [4.78, 5) is 14.9. The predicted octanol–water partition coefficient (Wildman–Crippen LogP) is 1.26. The summed E-state index contributed by atoms with van der Waals surface area (Å²) >= 11 is 0. The number of aliphatic hydroxyl groups is 1. The van der Waals surface area contributed by atoms with Crippen molar-refractivity contribution < 1.29 is 23.8 Å². The highest BCUT2D eigenvalue weighted by Gasteiger charge is 2.32. The van der Waals surface area contributed by atoms with Crippen molar-refractivity contribution in [3.8, 4) is 11.5 Å². The summed E-state index contributed by atoms with van der Waals surface area (Å²) in [6.45, 7) is -0.0854. The van der Waals surface area contributed by atoms with E-state index >= 15 is 0 Å². The van der Waals surface area contributed by atoms with Crippen LogP contribution in [-0.4, -0.2) is 27.8 Å². The van der Waals surface area contributed by atoms with Gasteiger partial charge in [-0.05, 0) is 6.07 Å². The van der Waals surface area contributed by atoms with E-state index in [-0.39, 0.29) is 18.3 Å². The molecule has 0 radical (unpaired) electrons. The fourth-order valence-corrected chi connectivity index (χ4v) is 2.10. The van der Waals surface area contributed by atoms with Gasteiger partial charge in [0, 0.05) is 17.9 Å². The van der Waals surface area contributed by atoms with Crippen LogP contribution in [0.3, 0.4) is 0 Å². The Morgan fingerprint density at radius 1 is 1.53 bits per heavy atom. The molecule has 2 N–H and O–H groups in total. The third-order valence-electron chi connectivity index (χ3n) is 2.92. The van der Waals surface area contributed by atoms with E-state index in [0.717, 1.165) is 0 Å². The molecule has 1 aliphatic carbocycles. The number of rotatable bonds is 2. The Balaban J connectivity index is 2.20. The predicted molar refractivity (Wildman–Crippen MR) is 54.7 cm³/mol. The van der Waals surface area contributed by atoms with Gasteiger partial charge in [-0.15, -0.1) is 0 Å². The van der Waals surface area contributed by atoms with Gasteiger partial charge in [0.1, 0.15) is 0 Å². The van der Waals surface area contributed by atoms with Crippen molar-refractivity contribution in [1.82, 2.24) is 4.98 Å². The molecule has 0 bridgehead atoms. The van der Waals surface area contributed by atoms with E-state index in [1.54, 1.807) is 0 Å². The van der Waals surface area contributed by atoms with Gasteiger partial charge in [0.25, 0.3) is 0 Å². The van der Waals surface area contributed by atoms with Crippen LogP contribution >= 0.6 is 0 Å². The monoisotopic (exact) mass is 235 g/mol. The minimum Gasteiger partial charge on any atom is -0.475 e. The summed E-state index contributed by atoms with van der Waals surface area (Å²) in [7, 11) is 0. The molecule has 0 aliphatic heterocycles. The molecule has 17 heavy (non-hydrogen) atoms. The van der Waals surface area contributed by atoms with Crippen molar-refractivity contribution in [2.75, 3.05) is 6.61 Å². The van der Waals surface area contributed by atoms with Gasteiger partial charge in [0.05, 0.1) is 12.3 Å². The highest BCUT2D eigenvalue weighted by molar-refractivity contribution is 5.86. The first-order valence-corrected chi connectivity index (χ1v) is 5.11. The van der Waals surface area contributed by atoms with Gasteiger partial charge in [-0.25, -0.2) is 9.78 Å². The lowest BCUT2D eigenvalue weighted by molar-refractivity contribution is 0.0663. The first-order chi connectivity index (χ1) is 8.20. The van der Waals surface area contributed by atoms with Crippen molar-refractivity contribution in [3.63, 3.8) is 0 Å². The van der Waals surface area contributed by atoms with E-state index in [0.29, 0.717) is 29.2 Å². The summed E-state index contributed by atoms with van der Waals surface area (Å²) in [5.41, 5.74) is 1.34. The highest BCUT2D eigenvalue weighted by atomic mass is 16.4. The topological polar surface area (TPSA) is 96.7 Å². The molecule has 2 heterocycles. The maximum atomic E-state index is 10.9. The molecule has 3 rings (SSSR count). The van der Waals surface area contributed by atoms with Crippen LogP contribution < -0.4 is 0 Å². The number of furan rings is 1. The Morgan fingerprint density at radius 3 is 3.06 bits per heavy atom. The fourth-order valence-electron chi connectivity index (χ4n) is 2.10. The van der Waals surface area contributed by atoms with Crippen LogP contribution in [0.2, 0.25) is 0 Å². The quantitative estimate of drug-likeness (QED) is 0.813. The second-order valence-electron chi connectivity index (χ2n) is 3.91. The van der Waals surface area contributed by atoms with Gasteiger partial charge in [0.2, 0.25) is 5.76 Å². The largest absolute Gasteiger partial charge is 0.475 e. The molecule has 1 atom stereocenters. The lowest BCUT2D eigenvalue weighted by Crippen LogP contribution is -2.12. The van der Waals surface area contributed by atoms with Crippen LogP contribution in [-0.2, 0) is 6.42 Å². The molecule has 0 fully saturated rings. The van der Waals surface area contributed by atoms with Gasteiger partial charge in [-0.2, -0.15) is 0 Å². The Bertz CT molecular complexity index is 582. The third kappa shape index (κ3) is 1.38. The molecule has 0 saturated carbocycles. The average molecular weight is 235 g/mol. The maximum Gasteiger partial charge on any atom is 0.371 e. The van der Waals surface area contributed by atoms with Gasteiger partial charge in [-0.1, -0.05) is 0 Å². The number of oxazole rings is 1. The lowest BCUT2D eigenvalue weighted by atomic mass is 9.89. The van der Waals surface area contributed by atoms with Crippen LogP contribution in [0.4, 0.5) is 0 Å². The molecule has 1 unspecified atom stereocenters. The van der Waals surface area contributed by atoms with Crippen LogP contribution in [0.15, 0.2) is 21.3 Å². The normalized spacial score (nSPS) is 17.6. The maximum absolute atomic E-state index is 10.9. The summed E-state index contributed by atoms with van der Waals surface area (Å²) in [6, 6.07) is 1.43. The summed E-state index contributed by atoms with van der Waals surface area (Å²) < 4.78 is 10.4. The molecule has 88 valence electrons. The Kier molecular flexibility index (Phi) is 2.05. The van der Waals surface area contributed by atoms with Gasteiger partial charge in [-0.3, -0.25) is 0 Å². The molecule has 2 aromatic heterocycles. The molecule has 2 aromatic rings. The Hall–Kier alpha value is -2.08. The first kappa shape index (κ1) is 10.1. The molecule has 0 aromatic carbocycles. The standard InChI is InChI=1S/C11H9NO5/c13-3-5-1-7-10(16-4-12-7)9-6(5)2-8(17-9)11(14)15/h2,4-5,13H,1,3H2,(H,14,15). The van der Waals surface area contributed by atoms with Gasteiger partial charge < -0.3 is 19.0 Å². The number of hydrogen-bond acceptors (Lipinski definition) is 5. The molecular formula is C11H9NO5. The smallest absolute Gasteiger partial charge is 0.371 e. The number of hydrogen-bond donors (Lipinski definition) is 2.